The lowest BCUT2D eigenvalue weighted by molar-refractivity contribution is -0.114. The largest absolute Gasteiger partial charge is 0.370 e. The van der Waals surface area contributed by atoms with Crippen molar-refractivity contribution >= 4 is 81.7 Å². The first-order valence-corrected chi connectivity index (χ1v) is 19.2. The van der Waals surface area contributed by atoms with Crippen LogP contribution in [0.25, 0.3) is 0 Å². The second-order valence-corrected chi connectivity index (χ2v) is 16.8. The van der Waals surface area contributed by atoms with E-state index >= 15 is 0 Å². The molecule has 0 heterocycles. The molecule has 13 N–H and O–H groups in total. The van der Waals surface area contributed by atoms with E-state index < -0.39 is 11.8 Å². The second-order valence-electron chi connectivity index (χ2n) is 14.6. The van der Waals surface area contributed by atoms with Gasteiger partial charge in [-0.3, -0.25) is 30.6 Å². The van der Waals surface area contributed by atoms with Crippen molar-refractivity contribution in [1.29, 1.82) is 16.2 Å². The molecule has 3 aromatic rings. The summed E-state index contributed by atoms with van der Waals surface area (Å²) in [7, 11) is 0. The van der Waals surface area contributed by atoms with E-state index in [0.29, 0.717) is 57.1 Å². The van der Waals surface area contributed by atoms with Crippen LogP contribution in [-0.4, -0.2) is 60.1 Å². The second kappa shape index (κ2) is 18.7. The molecule has 0 bridgehead atoms. The Labute approximate surface area is 326 Å². The number of nitrogens with two attached hydrogens (primary N) is 2. The van der Waals surface area contributed by atoms with Crippen molar-refractivity contribution in [1.82, 2.24) is 10.6 Å². The maximum Gasteiger partial charge on any atom is 0.255 e. The molecule has 0 unspecified atom stereocenters. The van der Waals surface area contributed by atoms with E-state index in [9.17, 15) is 14.4 Å². The summed E-state index contributed by atoms with van der Waals surface area (Å²) in [5.41, 5.74) is 14.9. The van der Waals surface area contributed by atoms with Gasteiger partial charge >= 0.3 is 0 Å². The smallest absolute Gasteiger partial charge is 0.255 e. The third-order valence-corrected chi connectivity index (χ3v) is 10.0. The number of carbonyl (C=O) groups is 3. The number of carbonyl (C=O) groups excluding carboxylic acids is 3. The van der Waals surface area contributed by atoms with Gasteiger partial charge < -0.3 is 43.4 Å². The van der Waals surface area contributed by atoms with Crippen molar-refractivity contribution < 1.29 is 14.4 Å². The lowest BCUT2D eigenvalue weighted by atomic mass is 9.86. The van der Waals surface area contributed by atoms with Crippen LogP contribution in [0.5, 0.6) is 0 Å². The van der Waals surface area contributed by atoms with Gasteiger partial charge in [-0.2, -0.15) is 0 Å². The molecule has 14 nitrogen and oxygen atoms in total. The lowest BCUT2D eigenvalue weighted by Gasteiger charge is -2.25. The fourth-order valence-electron chi connectivity index (χ4n) is 5.07. The van der Waals surface area contributed by atoms with Crippen molar-refractivity contribution in [2.24, 2.45) is 11.5 Å². The maximum atomic E-state index is 13.9. The molecule has 3 amide bonds. The highest BCUT2D eigenvalue weighted by Gasteiger charge is 2.24. The Hall–Kier alpha value is -5.22. The summed E-state index contributed by atoms with van der Waals surface area (Å²) in [5, 5.41) is 40.7. The molecule has 3 rings (SSSR count). The number of rotatable bonds is 14. The number of anilines is 4. The van der Waals surface area contributed by atoms with Crippen molar-refractivity contribution in [3.63, 3.8) is 0 Å². The molecule has 0 saturated heterocycles. The third-order valence-electron chi connectivity index (χ3n) is 7.75. The minimum atomic E-state index is -0.454. The van der Waals surface area contributed by atoms with E-state index in [-0.39, 0.29) is 45.6 Å². The number of hydrogen-bond acceptors (Lipinski definition) is 8. The van der Waals surface area contributed by atoms with Crippen LogP contribution in [0.4, 0.5) is 22.7 Å². The SMILES string of the molecule is CC(=N)Nc1cc(C(C)(C)C)cc(NC(=O)c2cccc(C(=O)Nc3cc(C(C)(C)C)cc(NC(C)=O)c3SCCNC(=N)N)c2)c1SCCNC(=N)N. The summed E-state index contributed by atoms with van der Waals surface area (Å²) in [5.74, 6) is -0.218. The molecule has 0 radical (unpaired) electrons. The summed E-state index contributed by atoms with van der Waals surface area (Å²) < 4.78 is 0. The maximum absolute atomic E-state index is 13.9. The Morgan fingerprint density at radius 1 is 0.611 bits per heavy atom. The molecule has 0 fully saturated rings. The van der Waals surface area contributed by atoms with Gasteiger partial charge in [0.2, 0.25) is 5.91 Å². The molecule has 0 aliphatic heterocycles. The molecule has 0 aromatic heterocycles. The summed E-state index contributed by atoms with van der Waals surface area (Å²) in [6.45, 7) is 16.1. The molecule has 54 heavy (non-hydrogen) atoms. The summed E-state index contributed by atoms with van der Waals surface area (Å²) in [6, 6.07) is 14.1. The van der Waals surface area contributed by atoms with Gasteiger partial charge in [-0.1, -0.05) is 47.6 Å². The molecule has 0 aliphatic rings. The number of guanidine groups is 2. The molecule has 3 aromatic carbocycles. The van der Waals surface area contributed by atoms with Gasteiger partial charge in [0.25, 0.3) is 11.8 Å². The van der Waals surface area contributed by atoms with Gasteiger partial charge in [0, 0.05) is 42.6 Å². The minimum Gasteiger partial charge on any atom is -0.370 e. The quantitative estimate of drug-likeness (QED) is 0.0377. The monoisotopic (exact) mass is 775 g/mol. The Morgan fingerprint density at radius 2 is 0.981 bits per heavy atom. The highest BCUT2D eigenvalue weighted by Crippen LogP contribution is 2.41. The fraction of sp³-hybridized carbons (Fsp3) is 0.368. The van der Waals surface area contributed by atoms with Crippen molar-refractivity contribution in [3.05, 3.63) is 70.8 Å². The number of nitrogens with one attached hydrogen (secondary N) is 9. The van der Waals surface area contributed by atoms with Gasteiger partial charge in [-0.25, -0.2) is 0 Å². The van der Waals surface area contributed by atoms with E-state index in [0.717, 1.165) is 11.1 Å². The molecule has 0 spiro atoms. The van der Waals surface area contributed by atoms with Crippen LogP contribution in [0, 0.1) is 16.2 Å². The third kappa shape index (κ3) is 13.0. The van der Waals surface area contributed by atoms with E-state index in [2.05, 4.69) is 52.7 Å². The highest BCUT2D eigenvalue weighted by molar-refractivity contribution is 7.99. The van der Waals surface area contributed by atoms with Gasteiger partial charge in [0.1, 0.15) is 0 Å². The standard InChI is InChI=1S/C38H53N11O3S2/c1-21(39)46-27-17-25(37(3,4)5)19-29(31(27)53-14-12-44-35(40)41)48-33(51)23-10-9-11-24(16-23)34(52)49-30-20-26(38(6,7)8)18-28(47-22(2)50)32(30)54-15-13-45-36(42)43/h9-11,16-20H,12-15H2,1-8H3,(H2,39,46)(H,47,50)(H,48,51)(H,49,52)(H4,40,41,44)(H4,42,43,45). The molecular formula is C38H53N11O3S2. The predicted octanol–water partition coefficient (Wildman–Crippen LogP) is 6.30. The van der Waals surface area contributed by atoms with Gasteiger partial charge in [-0.15, -0.1) is 23.5 Å². The van der Waals surface area contributed by atoms with Crippen molar-refractivity contribution in [2.45, 2.75) is 76.0 Å². The zero-order valence-corrected chi connectivity index (χ0v) is 33.8. The van der Waals surface area contributed by atoms with E-state index in [4.69, 9.17) is 27.7 Å². The van der Waals surface area contributed by atoms with Crippen LogP contribution in [-0.2, 0) is 15.6 Å². The number of amides is 3. The first kappa shape index (κ1) is 43.2. The van der Waals surface area contributed by atoms with Crippen LogP contribution < -0.4 is 43.4 Å². The van der Waals surface area contributed by atoms with Gasteiger partial charge in [0.05, 0.1) is 38.4 Å². The average molecular weight is 776 g/mol. The molecule has 0 aliphatic carbocycles. The Bertz CT molecular complexity index is 1780. The zero-order valence-electron chi connectivity index (χ0n) is 32.1. The normalized spacial score (nSPS) is 11.3. The van der Waals surface area contributed by atoms with Crippen LogP contribution in [0.2, 0.25) is 0 Å². The van der Waals surface area contributed by atoms with E-state index in [1.165, 1.54) is 36.5 Å². The Kier molecular flexibility index (Phi) is 15.0. The Morgan fingerprint density at radius 3 is 1.31 bits per heavy atom. The zero-order chi connectivity index (χ0) is 40.4. The predicted molar refractivity (Wildman–Crippen MR) is 225 cm³/mol. The van der Waals surface area contributed by atoms with Crippen LogP contribution >= 0.6 is 23.5 Å². The summed E-state index contributed by atoms with van der Waals surface area (Å²) in [4.78, 5) is 41.4. The fourth-order valence-corrected chi connectivity index (χ4v) is 6.94. The molecular weight excluding hydrogens is 723 g/mol. The highest BCUT2D eigenvalue weighted by atomic mass is 32.2. The topological polar surface area (TPSA) is 247 Å². The summed E-state index contributed by atoms with van der Waals surface area (Å²) in [6.07, 6.45) is 0. The molecule has 0 atom stereocenters. The molecule has 16 heteroatoms. The van der Waals surface area contributed by atoms with Gasteiger partial charge in [0.15, 0.2) is 11.9 Å². The lowest BCUT2D eigenvalue weighted by Crippen LogP contribution is -2.31. The Balaban J connectivity index is 2.02. The first-order valence-electron chi connectivity index (χ1n) is 17.3. The van der Waals surface area contributed by atoms with Crippen LogP contribution in [0.15, 0.2) is 58.3 Å². The van der Waals surface area contributed by atoms with Crippen molar-refractivity contribution in [2.75, 3.05) is 45.9 Å². The number of amidine groups is 1. The number of hydrogen-bond donors (Lipinski definition) is 11. The number of benzene rings is 3. The number of thioether (sulfide) groups is 2. The van der Waals surface area contributed by atoms with Gasteiger partial charge in [-0.05, 0) is 71.3 Å². The minimum absolute atomic E-state index is 0.142. The van der Waals surface area contributed by atoms with E-state index in [1.807, 2.05) is 45.0 Å². The first-order chi connectivity index (χ1) is 25.1. The average Bonchev–Trinajstić information content (AvgIpc) is 3.04. The van der Waals surface area contributed by atoms with E-state index in [1.54, 1.807) is 25.1 Å². The summed E-state index contributed by atoms with van der Waals surface area (Å²) >= 11 is 2.83. The van der Waals surface area contributed by atoms with Crippen molar-refractivity contribution in [3.8, 4) is 0 Å². The van der Waals surface area contributed by atoms with Crippen LogP contribution in [0.1, 0.15) is 87.2 Å². The van der Waals surface area contributed by atoms with Crippen LogP contribution in [0.3, 0.4) is 0 Å². The molecule has 290 valence electrons. The molecule has 0 saturated carbocycles.